The van der Waals surface area contributed by atoms with Crippen molar-refractivity contribution in [3.63, 3.8) is 0 Å². The number of aliphatic hydroxyl groups is 1. The van der Waals surface area contributed by atoms with Gasteiger partial charge >= 0.3 is 0 Å². The van der Waals surface area contributed by atoms with Gasteiger partial charge in [0.2, 0.25) is 0 Å². The number of nitrogens with zero attached hydrogens (tertiary/aromatic N) is 2. The zero-order chi connectivity index (χ0) is 11.8. The fourth-order valence-corrected chi connectivity index (χ4v) is 2.48. The number of hydrogen-bond acceptors (Lipinski definition) is 4. The monoisotopic (exact) mass is 251 g/mol. The molecule has 2 N–H and O–H groups in total. The van der Waals surface area contributed by atoms with E-state index < -0.39 is 0 Å². The third kappa shape index (κ3) is 1.78. The van der Waals surface area contributed by atoms with Crippen LogP contribution < -0.4 is 0 Å². The fourth-order valence-electron chi connectivity index (χ4n) is 2.26. The Labute approximate surface area is 103 Å². The normalized spacial score (nSPS) is 24.5. The summed E-state index contributed by atoms with van der Waals surface area (Å²) in [7, 11) is 0. The standard InChI is InChI=1S/C11H13N3O2S/c15-5-7-1-2-9(16-7)14-4-3-8-10(14)12-6-13-11(8)17/h3-4,6-7,9,15H,1-2,5H2,(H,12,13,17)/t7-,9+/m0/s1. The molecule has 0 spiro atoms. The summed E-state index contributed by atoms with van der Waals surface area (Å²) in [6.07, 6.45) is 5.24. The Hall–Kier alpha value is -1.24. The van der Waals surface area contributed by atoms with Crippen molar-refractivity contribution in [2.24, 2.45) is 0 Å². The Morgan fingerprint density at radius 2 is 2.47 bits per heavy atom. The zero-order valence-corrected chi connectivity index (χ0v) is 9.98. The van der Waals surface area contributed by atoms with Gasteiger partial charge in [-0.3, -0.25) is 0 Å². The second kappa shape index (κ2) is 4.21. The van der Waals surface area contributed by atoms with E-state index >= 15 is 0 Å². The molecular weight excluding hydrogens is 238 g/mol. The smallest absolute Gasteiger partial charge is 0.138 e. The van der Waals surface area contributed by atoms with E-state index in [1.165, 1.54) is 0 Å². The third-order valence-corrected chi connectivity index (χ3v) is 3.45. The van der Waals surface area contributed by atoms with Gasteiger partial charge < -0.3 is 19.4 Å². The molecule has 2 aromatic heterocycles. The summed E-state index contributed by atoms with van der Waals surface area (Å²) in [6, 6.07) is 1.94. The first-order valence-electron chi connectivity index (χ1n) is 5.60. The van der Waals surface area contributed by atoms with Crippen LogP contribution in [-0.4, -0.2) is 32.4 Å². The van der Waals surface area contributed by atoms with Crippen molar-refractivity contribution in [3.05, 3.63) is 23.2 Å². The number of fused-ring (bicyclic) bond motifs is 1. The highest BCUT2D eigenvalue weighted by molar-refractivity contribution is 7.71. The summed E-state index contributed by atoms with van der Waals surface area (Å²) >= 11 is 5.16. The summed E-state index contributed by atoms with van der Waals surface area (Å²) in [5.41, 5.74) is 0.925. The molecule has 5 nitrogen and oxygen atoms in total. The van der Waals surface area contributed by atoms with E-state index in [1.54, 1.807) is 6.33 Å². The van der Waals surface area contributed by atoms with Gasteiger partial charge in [-0.1, -0.05) is 12.2 Å². The minimum atomic E-state index is -0.0535. The highest BCUT2D eigenvalue weighted by Gasteiger charge is 2.26. The molecular formula is C11H13N3O2S. The Kier molecular flexibility index (Phi) is 2.70. The molecule has 0 saturated carbocycles. The van der Waals surface area contributed by atoms with E-state index in [9.17, 15) is 0 Å². The maximum atomic E-state index is 9.07. The van der Waals surface area contributed by atoms with Crippen molar-refractivity contribution in [1.29, 1.82) is 0 Å². The summed E-state index contributed by atoms with van der Waals surface area (Å²) in [5, 5.41) is 10.00. The number of aliphatic hydroxyl groups excluding tert-OH is 1. The number of aromatic nitrogens is 3. The first-order valence-corrected chi connectivity index (χ1v) is 6.01. The van der Waals surface area contributed by atoms with Gasteiger partial charge in [-0.2, -0.15) is 0 Å². The number of nitrogens with one attached hydrogen (secondary N) is 1. The Balaban J connectivity index is 2.02. The molecule has 0 radical (unpaired) electrons. The number of ether oxygens (including phenoxy) is 1. The largest absolute Gasteiger partial charge is 0.394 e. The van der Waals surface area contributed by atoms with Crippen LogP contribution >= 0.6 is 12.2 Å². The van der Waals surface area contributed by atoms with Crippen molar-refractivity contribution >= 4 is 23.3 Å². The topological polar surface area (TPSA) is 63.1 Å². The molecule has 1 aliphatic heterocycles. The van der Waals surface area contributed by atoms with Gasteiger partial charge in [0.1, 0.15) is 16.5 Å². The van der Waals surface area contributed by atoms with E-state index in [4.69, 9.17) is 22.1 Å². The van der Waals surface area contributed by atoms with Crippen LogP contribution in [-0.2, 0) is 4.74 Å². The zero-order valence-electron chi connectivity index (χ0n) is 9.17. The van der Waals surface area contributed by atoms with E-state index in [0.29, 0.717) is 4.64 Å². The molecule has 1 aliphatic rings. The predicted molar refractivity (Wildman–Crippen MR) is 65.1 cm³/mol. The minimum Gasteiger partial charge on any atom is -0.394 e. The van der Waals surface area contributed by atoms with Gasteiger partial charge in [0.25, 0.3) is 0 Å². The SMILES string of the molecule is OC[C@@H]1CC[C@H](n2ccc3c(=S)nc[nH]c32)O1. The van der Waals surface area contributed by atoms with Crippen LogP contribution in [0.25, 0.3) is 11.0 Å². The molecule has 0 unspecified atom stereocenters. The summed E-state index contributed by atoms with van der Waals surface area (Å²) in [5.74, 6) is 0. The summed E-state index contributed by atoms with van der Waals surface area (Å²) in [4.78, 5) is 7.14. The highest BCUT2D eigenvalue weighted by Crippen LogP contribution is 2.30. The molecule has 1 fully saturated rings. The molecule has 1 saturated heterocycles. The molecule has 17 heavy (non-hydrogen) atoms. The van der Waals surface area contributed by atoms with Crippen LogP contribution in [0, 0.1) is 4.64 Å². The fraction of sp³-hybridized carbons (Fsp3) is 0.455. The lowest BCUT2D eigenvalue weighted by Crippen LogP contribution is -2.14. The minimum absolute atomic E-state index is 0.0299. The van der Waals surface area contributed by atoms with Gasteiger partial charge in [0, 0.05) is 6.20 Å². The molecule has 0 bridgehead atoms. The number of H-pyrrole nitrogens is 1. The third-order valence-electron chi connectivity index (χ3n) is 3.13. The first kappa shape index (κ1) is 10.9. The Morgan fingerprint density at radius 3 is 3.24 bits per heavy atom. The van der Waals surface area contributed by atoms with Crippen LogP contribution in [0.1, 0.15) is 19.1 Å². The van der Waals surface area contributed by atoms with Crippen molar-refractivity contribution in [3.8, 4) is 0 Å². The van der Waals surface area contributed by atoms with Gasteiger partial charge in [0.15, 0.2) is 0 Å². The second-order valence-electron chi connectivity index (χ2n) is 4.17. The van der Waals surface area contributed by atoms with Crippen LogP contribution in [0.5, 0.6) is 0 Å². The Morgan fingerprint density at radius 1 is 1.59 bits per heavy atom. The van der Waals surface area contributed by atoms with Crippen LogP contribution in [0.4, 0.5) is 0 Å². The van der Waals surface area contributed by atoms with Crippen LogP contribution in [0.15, 0.2) is 18.6 Å². The molecule has 6 heteroatoms. The van der Waals surface area contributed by atoms with E-state index in [-0.39, 0.29) is 18.9 Å². The van der Waals surface area contributed by atoms with Crippen molar-refractivity contribution in [1.82, 2.24) is 14.5 Å². The maximum Gasteiger partial charge on any atom is 0.138 e. The predicted octanol–water partition coefficient (Wildman–Crippen LogP) is 1.76. The highest BCUT2D eigenvalue weighted by atomic mass is 32.1. The van der Waals surface area contributed by atoms with E-state index in [1.807, 2.05) is 16.8 Å². The average molecular weight is 251 g/mol. The van der Waals surface area contributed by atoms with Gasteiger partial charge in [-0.15, -0.1) is 0 Å². The molecule has 2 aromatic rings. The molecule has 3 rings (SSSR count). The number of hydrogen-bond donors (Lipinski definition) is 2. The van der Waals surface area contributed by atoms with Gasteiger partial charge in [-0.05, 0) is 18.9 Å². The molecule has 90 valence electrons. The molecule has 3 heterocycles. The van der Waals surface area contributed by atoms with Crippen molar-refractivity contribution in [2.75, 3.05) is 6.61 Å². The summed E-state index contributed by atoms with van der Waals surface area (Å²) < 4.78 is 8.35. The lowest BCUT2D eigenvalue weighted by Gasteiger charge is -2.14. The maximum absolute atomic E-state index is 9.07. The molecule has 2 atom stereocenters. The number of aromatic amines is 1. The summed E-state index contributed by atoms with van der Waals surface area (Å²) in [6.45, 7) is 0.0766. The average Bonchev–Trinajstić information content (AvgIpc) is 2.94. The van der Waals surface area contributed by atoms with E-state index in [0.717, 1.165) is 23.9 Å². The van der Waals surface area contributed by atoms with Crippen molar-refractivity contribution < 1.29 is 9.84 Å². The lowest BCUT2D eigenvalue weighted by molar-refractivity contribution is -0.0204. The lowest BCUT2D eigenvalue weighted by atomic mass is 10.2. The number of rotatable bonds is 2. The molecule has 0 amide bonds. The van der Waals surface area contributed by atoms with Crippen LogP contribution in [0.2, 0.25) is 0 Å². The molecule has 0 aromatic carbocycles. The van der Waals surface area contributed by atoms with Crippen molar-refractivity contribution in [2.45, 2.75) is 25.2 Å². The first-order chi connectivity index (χ1) is 8.29. The second-order valence-corrected chi connectivity index (χ2v) is 4.55. The van der Waals surface area contributed by atoms with E-state index in [2.05, 4.69) is 9.97 Å². The Bertz CT molecular complexity index is 592. The van der Waals surface area contributed by atoms with Gasteiger partial charge in [0.05, 0.1) is 24.4 Å². The van der Waals surface area contributed by atoms with Crippen LogP contribution in [0.3, 0.4) is 0 Å². The van der Waals surface area contributed by atoms with Gasteiger partial charge in [-0.25, -0.2) is 4.98 Å². The molecule has 0 aliphatic carbocycles. The quantitative estimate of drug-likeness (QED) is 0.798.